The predicted octanol–water partition coefficient (Wildman–Crippen LogP) is 3.53. The van der Waals surface area contributed by atoms with Crippen LogP contribution in [-0.4, -0.2) is 52.8 Å². The molecule has 3 rings (SSSR count). The number of pyridine rings is 1. The van der Waals surface area contributed by atoms with Crippen molar-refractivity contribution in [3.8, 4) is 0 Å². The molecule has 0 aliphatic carbocycles. The van der Waals surface area contributed by atoms with Crippen LogP contribution in [0.1, 0.15) is 62.3 Å². The molecule has 2 aromatic rings. The van der Waals surface area contributed by atoms with Gasteiger partial charge >= 0.3 is 0 Å². The van der Waals surface area contributed by atoms with E-state index in [1.807, 2.05) is 25.0 Å². The number of hydrogen-bond acceptors (Lipinski definition) is 4. The molecule has 0 bridgehead atoms. The lowest BCUT2D eigenvalue weighted by atomic mass is 10.1. The first kappa shape index (κ1) is 22.1. The van der Waals surface area contributed by atoms with Crippen LogP contribution < -0.4 is 10.2 Å². The van der Waals surface area contributed by atoms with Crippen LogP contribution in [0.25, 0.3) is 0 Å². The zero-order valence-electron chi connectivity index (χ0n) is 19.2. The van der Waals surface area contributed by atoms with Crippen LogP contribution in [0.4, 0.5) is 5.82 Å². The Labute approximate surface area is 181 Å². The van der Waals surface area contributed by atoms with Gasteiger partial charge in [-0.3, -0.25) is 9.67 Å². The number of nitrogens with one attached hydrogen (secondary N) is 1. The SMILES string of the molecule is CN=C(NCc1ccnc(N2CCCCCC2)c1)N(C)Cc1cn(C)nc1C(C)C. The Morgan fingerprint density at radius 3 is 2.63 bits per heavy atom. The summed E-state index contributed by atoms with van der Waals surface area (Å²) < 4.78 is 1.90. The molecule has 0 aromatic carbocycles. The zero-order valence-corrected chi connectivity index (χ0v) is 19.2. The Hall–Kier alpha value is -2.57. The minimum atomic E-state index is 0.402. The van der Waals surface area contributed by atoms with Crippen LogP contribution >= 0.6 is 0 Å². The highest BCUT2D eigenvalue weighted by molar-refractivity contribution is 5.79. The summed E-state index contributed by atoms with van der Waals surface area (Å²) in [5.74, 6) is 2.37. The first-order valence-electron chi connectivity index (χ1n) is 11.1. The first-order chi connectivity index (χ1) is 14.5. The van der Waals surface area contributed by atoms with Crippen molar-refractivity contribution in [3.05, 3.63) is 41.3 Å². The summed E-state index contributed by atoms with van der Waals surface area (Å²) >= 11 is 0. The van der Waals surface area contributed by atoms with Gasteiger partial charge in [0.1, 0.15) is 5.82 Å². The first-order valence-corrected chi connectivity index (χ1v) is 11.1. The number of aliphatic imine (C=N–C) groups is 1. The summed E-state index contributed by atoms with van der Waals surface area (Å²) in [4.78, 5) is 13.7. The fraction of sp³-hybridized carbons (Fsp3) is 0.609. The molecule has 0 spiro atoms. The second kappa shape index (κ2) is 10.5. The van der Waals surface area contributed by atoms with Gasteiger partial charge in [0.25, 0.3) is 0 Å². The van der Waals surface area contributed by atoms with Gasteiger partial charge in [-0.05, 0) is 36.5 Å². The topological polar surface area (TPSA) is 61.6 Å². The van der Waals surface area contributed by atoms with E-state index in [9.17, 15) is 0 Å². The zero-order chi connectivity index (χ0) is 21.5. The molecular weight excluding hydrogens is 374 g/mol. The third-order valence-electron chi connectivity index (χ3n) is 5.66. The van der Waals surface area contributed by atoms with Crippen molar-refractivity contribution in [2.75, 3.05) is 32.1 Å². The number of anilines is 1. The molecule has 3 heterocycles. The predicted molar refractivity (Wildman–Crippen MR) is 124 cm³/mol. The van der Waals surface area contributed by atoms with Crippen molar-refractivity contribution in [3.63, 3.8) is 0 Å². The van der Waals surface area contributed by atoms with E-state index in [0.717, 1.165) is 43.7 Å². The molecule has 1 aliphatic rings. The quantitative estimate of drug-likeness (QED) is 0.582. The lowest BCUT2D eigenvalue weighted by molar-refractivity contribution is 0.473. The minimum absolute atomic E-state index is 0.402. The molecule has 0 atom stereocenters. The number of hydrogen-bond donors (Lipinski definition) is 1. The third-order valence-corrected chi connectivity index (χ3v) is 5.66. The molecule has 0 unspecified atom stereocenters. The second-order valence-electron chi connectivity index (χ2n) is 8.55. The highest BCUT2D eigenvalue weighted by atomic mass is 15.3. The minimum Gasteiger partial charge on any atom is -0.357 e. The van der Waals surface area contributed by atoms with Gasteiger partial charge in [-0.25, -0.2) is 4.98 Å². The number of aryl methyl sites for hydroxylation is 1. The Bertz CT molecular complexity index is 832. The van der Waals surface area contributed by atoms with Crippen LogP contribution in [0.15, 0.2) is 29.5 Å². The van der Waals surface area contributed by atoms with Gasteiger partial charge in [-0.15, -0.1) is 0 Å². The molecule has 164 valence electrons. The van der Waals surface area contributed by atoms with Crippen molar-refractivity contribution >= 4 is 11.8 Å². The summed E-state index contributed by atoms with van der Waals surface area (Å²) in [5.41, 5.74) is 3.62. The highest BCUT2D eigenvalue weighted by Gasteiger charge is 2.16. The molecule has 0 saturated carbocycles. The third kappa shape index (κ3) is 5.74. The summed E-state index contributed by atoms with van der Waals surface area (Å²) in [7, 11) is 5.88. The van der Waals surface area contributed by atoms with Gasteiger partial charge in [-0.1, -0.05) is 26.7 Å². The van der Waals surface area contributed by atoms with E-state index in [-0.39, 0.29) is 0 Å². The molecule has 1 aliphatic heterocycles. The molecule has 0 amide bonds. The van der Waals surface area contributed by atoms with Gasteiger partial charge in [-0.2, -0.15) is 5.10 Å². The second-order valence-corrected chi connectivity index (χ2v) is 8.55. The molecule has 0 radical (unpaired) electrons. The largest absolute Gasteiger partial charge is 0.357 e. The van der Waals surface area contributed by atoms with Crippen molar-refractivity contribution in [1.29, 1.82) is 0 Å². The van der Waals surface area contributed by atoms with E-state index in [1.165, 1.54) is 36.8 Å². The molecule has 2 aromatic heterocycles. The Kier molecular flexibility index (Phi) is 7.71. The molecule has 1 N–H and O–H groups in total. The standard InChI is InChI=1S/C23H37N7/c1-18(2)22-20(17-29(5)27-22)16-28(4)23(24-3)26-15-19-10-11-25-21(14-19)30-12-8-6-7-9-13-30/h10-11,14,17-18H,6-9,12-13,15-16H2,1-5H3,(H,24,26). The number of rotatable bonds is 6. The lowest BCUT2D eigenvalue weighted by Crippen LogP contribution is -2.38. The van der Waals surface area contributed by atoms with Crippen LogP contribution in [-0.2, 0) is 20.1 Å². The van der Waals surface area contributed by atoms with Crippen molar-refractivity contribution < 1.29 is 0 Å². The fourth-order valence-electron chi connectivity index (χ4n) is 4.10. The van der Waals surface area contributed by atoms with E-state index < -0.39 is 0 Å². The molecule has 1 saturated heterocycles. The number of aromatic nitrogens is 3. The average Bonchev–Trinajstić information content (AvgIpc) is 2.92. The van der Waals surface area contributed by atoms with Crippen LogP contribution in [0, 0.1) is 0 Å². The summed E-state index contributed by atoms with van der Waals surface area (Å²) in [5, 5.41) is 8.13. The molecule has 7 nitrogen and oxygen atoms in total. The average molecular weight is 412 g/mol. The van der Waals surface area contributed by atoms with E-state index in [1.54, 1.807) is 0 Å². The normalized spacial score (nSPS) is 15.4. The van der Waals surface area contributed by atoms with Gasteiger partial charge < -0.3 is 15.1 Å². The van der Waals surface area contributed by atoms with Gasteiger partial charge in [0.15, 0.2) is 5.96 Å². The summed E-state index contributed by atoms with van der Waals surface area (Å²) in [6.07, 6.45) is 9.21. The maximum atomic E-state index is 4.62. The van der Waals surface area contributed by atoms with Gasteiger partial charge in [0, 0.05) is 65.3 Å². The Morgan fingerprint density at radius 1 is 1.23 bits per heavy atom. The Balaban J connectivity index is 1.62. The summed E-state index contributed by atoms with van der Waals surface area (Å²) in [6.45, 7) is 8.09. The van der Waals surface area contributed by atoms with E-state index in [2.05, 4.69) is 69.4 Å². The maximum absolute atomic E-state index is 4.62. The van der Waals surface area contributed by atoms with Crippen LogP contribution in [0.3, 0.4) is 0 Å². The fourth-order valence-corrected chi connectivity index (χ4v) is 4.10. The molecular formula is C23H37N7. The molecule has 30 heavy (non-hydrogen) atoms. The maximum Gasteiger partial charge on any atom is 0.193 e. The van der Waals surface area contributed by atoms with Crippen molar-refractivity contribution in [2.45, 2.75) is 58.5 Å². The van der Waals surface area contributed by atoms with Crippen molar-refractivity contribution in [2.24, 2.45) is 12.0 Å². The molecule has 1 fully saturated rings. The molecule has 7 heteroatoms. The van der Waals surface area contributed by atoms with E-state index >= 15 is 0 Å². The lowest BCUT2D eigenvalue weighted by Gasteiger charge is -2.24. The highest BCUT2D eigenvalue weighted by Crippen LogP contribution is 2.20. The van der Waals surface area contributed by atoms with Crippen molar-refractivity contribution in [1.82, 2.24) is 25.0 Å². The smallest absolute Gasteiger partial charge is 0.193 e. The Morgan fingerprint density at radius 2 is 1.97 bits per heavy atom. The van der Waals surface area contributed by atoms with Gasteiger partial charge in [0.05, 0.1) is 5.69 Å². The number of nitrogens with zero attached hydrogens (tertiary/aromatic N) is 6. The summed E-state index contributed by atoms with van der Waals surface area (Å²) in [6, 6.07) is 4.29. The number of guanidine groups is 1. The van der Waals surface area contributed by atoms with E-state index in [0.29, 0.717) is 5.92 Å². The van der Waals surface area contributed by atoms with Gasteiger partial charge in [0.2, 0.25) is 0 Å². The van der Waals surface area contributed by atoms with Crippen LogP contribution in [0.2, 0.25) is 0 Å². The monoisotopic (exact) mass is 411 g/mol. The van der Waals surface area contributed by atoms with E-state index in [4.69, 9.17) is 0 Å². The van der Waals surface area contributed by atoms with Crippen LogP contribution in [0.5, 0.6) is 0 Å².